The lowest BCUT2D eigenvalue weighted by atomic mass is 10.0. The second-order valence-electron chi connectivity index (χ2n) is 5.51. The van der Waals surface area contributed by atoms with Gasteiger partial charge in [0, 0.05) is 23.5 Å². The molecule has 0 aliphatic carbocycles. The van der Waals surface area contributed by atoms with Crippen LogP contribution >= 0.6 is 0 Å². The molecule has 8 nitrogen and oxygen atoms in total. The van der Waals surface area contributed by atoms with E-state index in [1.165, 1.54) is 6.92 Å². The van der Waals surface area contributed by atoms with Gasteiger partial charge in [-0.2, -0.15) is 0 Å². The van der Waals surface area contributed by atoms with Gasteiger partial charge in [0.15, 0.2) is 0 Å². The molecule has 1 aromatic carbocycles. The van der Waals surface area contributed by atoms with Crippen molar-refractivity contribution in [3.63, 3.8) is 0 Å². The molecule has 2 rings (SSSR count). The molecule has 2 atom stereocenters. The minimum Gasteiger partial charge on any atom is -0.480 e. The van der Waals surface area contributed by atoms with Gasteiger partial charge in [-0.05, 0) is 18.6 Å². The topological polar surface area (TPSA) is 143 Å². The number of nitrogens with one attached hydrogen (secondary N) is 1. The summed E-state index contributed by atoms with van der Waals surface area (Å²) in [5.74, 6) is -2.83. The number of hydrogen-bond acceptors (Lipinski definition) is 5. The largest absolute Gasteiger partial charge is 0.480 e. The van der Waals surface area contributed by atoms with Gasteiger partial charge in [-0.15, -0.1) is 0 Å². The molecule has 0 saturated carbocycles. The van der Waals surface area contributed by atoms with Gasteiger partial charge in [-0.1, -0.05) is 18.2 Å². The molecular formula is C16H20N4O4. The molecule has 2 aromatic rings. The number of nitrogens with zero attached hydrogens (tertiary/aromatic N) is 1. The van der Waals surface area contributed by atoms with Gasteiger partial charge in [0.2, 0.25) is 11.8 Å². The lowest BCUT2D eigenvalue weighted by Gasteiger charge is -2.28. The number of aromatic nitrogens is 1. The number of nitrogens with two attached hydrogens (primary N) is 2. The molecule has 1 aromatic heterocycles. The van der Waals surface area contributed by atoms with Crippen molar-refractivity contribution in [1.82, 2.24) is 9.88 Å². The number of H-pyrrole nitrogens is 1. The molecule has 0 aliphatic heterocycles. The Morgan fingerprint density at radius 2 is 1.96 bits per heavy atom. The van der Waals surface area contributed by atoms with Crippen LogP contribution in [-0.4, -0.2) is 51.4 Å². The summed E-state index contributed by atoms with van der Waals surface area (Å²) in [5, 5.41) is 10.4. The maximum absolute atomic E-state index is 12.2. The molecule has 2 unspecified atom stereocenters. The van der Waals surface area contributed by atoms with E-state index in [-0.39, 0.29) is 6.42 Å². The van der Waals surface area contributed by atoms with Crippen molar-refractivity contribution in [2.24, 2.45) is 11.5 Å². The van der Waals surface area contributed by atoms with Gasteiger partial charge in [-0.3, -0.25) is 14.5 Å². The van der Waals surface area contributed by atoms with Gasteiger partial charge >= 0.3 is 5.97 Å². The first-order valence-corrected chi connectivity index (χ1v) is 7.46. The van der Waals surface area contributed by atoms with E-state index in [1.807, 2.05) is 24.3 Å². The standard InChI is InChI=1S/C16H20N4O4/c1-9(18)15(22)20(14(21)7-17)13(16(23)24)6-10-8-19-12-5-3-2-4-11(10)12/h2-5,8-9,13,19H,6-7,17-18H2,1H3,(H,23,24). The summed E-state index contributed by atoms with van der Waals surface area (Å²) >= 11 is 0. The van der Waals surface area contributed by atoms with E-state index in [4.69, 9.17) is 11.5 Å². The average molecular weight is 332 g/mol. The Balaban J connectivity index is 2.41. The van der Waals surface area contributed by atoms with Gasteiger partial charge in [0.1, 0.15) is 6.04 Å². The number of carboxylic acids is 1. The smallest absolute Gasteiger partial charge is 0.327 e. The maximum Gasteiger partial charge on any atom is 0.327 e. The number of benzene rings is 1. The highest BCUT2D eigenvalue weighted by Crippen LogP contribution is 2.21. The summed E-state index contributed by atoms with van der Waals surface area (Å²) in [5.41, 5.74) is 12.4. The zero-order chi connectivity index (χ0) is 17.9. The van der Waals surface area contributed by atoms with Gasteiger partial charge < -0.3 is 21.6 Å². The Labute approximate surface area is 138 Å². The summed E-state index contributed by atoms with van der Waals surface area (Å²) < 4.78 is 0. The maximum atomic E-state index is 12.2. The van der Waals surface area contributed by atoms with E-state index in [0.29, 0.717) is 10.5 Å². The first-order chi connectivity index (χ1) is 11.4. The Hall–Kier alpha value is -2.71. The number of para-hydroxylation sites is 1. The second kappa shape index (κ2) is 7.24. The Morgan fingerprint density at radius 3 is 2.54 bits per heavy atom. The molecule has 2 amide bonds. The molecule has 0 saturated heterocycles. The zero-order valence-electron chi connectivity index (χ0n) is 13.2. The number of imide groups is 1. The quantitative estimate of drug-likeness (QED) is 0.578. The van der Waals surface area contributed by atoms with E-state index in [2.05, 4.69) is 4.98 Å². The lowest BCUT2D eigenvalue weighted by Crippen LogP contribution is -2.55. The van der Waals surface area contributed by atoms with Crippen molar-refractivity contribution < 1.29 is 19.5 Å². The van der Waals surface area contributed by atoms with Crippen LogP contribution in [0.4, 0.5) is 0 Å². The zero-order valence-corrected chi connectivity index (χ0v) is 13.2. The number of rotatable bonds is 6. The first-order valence-electron chi connectivity index (χ1n) is 7.46. The fourth-order valence-corrected chi connectivity index (χ4v) is 2.57. The van der Waals surface area contributed by atoms with Crippen LogP contribution in [0.25, 0.3) is 10.9 Å². The summed E-state index contributed by atoms with van der Waals surface area (Å²) in [7, 11) is 0. The SMILES string of the molecule is CC(N)C(=O)N(C(=O)CN)C(Cc1c[nH]c2ccccc12)C(=O)O. The number of amides is 2. The monoisotopic (exact) mass is 332 g/mol. The van der Waals surface area contributed by atoms with Crippen molar-refractivity contribution in [3.8, 4) is 0 Å². The Kier molecular flexibility index (Phi) is 5.32. The number of fused-ring (bicyclic) bond motifs is 1. The molecule has 0 bridgehead atoms. The average Bonchev–Trinajstić information content (AvgIpc) is 2.96. The van der Waals surface area contributed by atoms with E-state index in [0.717, 1.165) is 10.9 Å². The number of aliphatic carboxylic acids is 1. The van der Waals surface area contributed by atoms with E-state index < -0.39 is 36.4 Å². The highest BCUT2D eigenvalue weighted by Gasteiger charge is 2.35. The highest BCUT2D eigenvalue weighted by atomic mass is 16.4. The minimum atomic E-state index is -1.38. The number of carbonyl (C=O) groups is 3. The van der Waals surface area contributed by atoms with Crippen LogP contribution in [0.15, 0.2) is 30.5 Å². The van der Waals surface area contributed by atoms with Crippen molar-refractivity contribution in [1.29, 1.82) is 0 Å². The fraction of sp³-hybridized carbons (Fsp3) is 0.312. The van der Waals surface area contributed by atoms with Crippen molar-refractivity contribution in [2.45, 2.75) is 25.4 Å². The van der Waals surface area contributed by atoms with Gasteiger partial charge in [-0.25, -0.2) is 4.79 Å². The molecule has 8 heteroatoms. The molecule has 0 radical (unpaired) electrons. The predicted octanol–water partition coefficient (Wildman–Crippen LogP) is -0.175. The van der Waals surface area contributed by atoms with Crippen LogP contribution in [-0.2, 0) is 20.8 Å². The molecule has 0 aliphatic rings. The van der Waals surface area contributed by atoms with Crippen LogP contribution in [0, 0.1) is 0 Å². The third-order valence-electron chi connectivity index (χ3n) is 3.76. The third kappa shape index (κ3) is 3.44. The Bertz CT molecular complexity index is 768. The number of hydrogen-bond donors (Lipinski definition) is 4. The predicted molar refractivity (Wildman–Crippen MR) is 88.0 cm³/mol. The number of carboxylic acid groups (broad SMARTS) is 1. The molecule has 1 heterocycles. The minimum absolute atomic E-state index is 0.0381. The summed E-state index contributed by atoms with van der Waals surface area (Å²) in [6.07, 6.45) is 1.63. The van der Waals surface area contributed by atoms with Crippen LogP contribution in [0.3, 0.4) is 0 Å². The molecule has 24 heavy (non-hydrogen) atoms. The third-order valence-corrected chi connectivity index (χ3v) is 3.76. The normalized spacial score (nSPS) is 13.5. The van der Waals surface area contributed by atoms with Crippen LogP contribution in [0.5, 0.6) is 0 Å². The molecule has 0 spiro atoms. The van der Waals surface area contributed by atoms with Crippen LogP contribution in [0.2, 0.25) is 0 Å². The van der Waals surface area contributed by atoms with E-state index in [9.17, 15) is 19.5 Å². The summed E-state index contributed by atoms with van der Waals surface area (Å²) in [6, 6.07) is 4.98. The summed E-state index contributed by atoms with van der Waals surface area (Å²) in [4.78, 5) is 39.7. The van der Waals surface area contributed by atoms with Crippen molar-refractivity contribution in [3.05, 3.63) is 36.0 Å². The van der Waals surface area contributed by atoms with Crippen LogP contribution in [0.1, 0.15) is 12.5 Å². The van der Waals surface area contributed by atoms with Crippen molar-refractivity contribution >= 4 is 28.7 Å². The van der Waals surface area contributed by atoms with E-state index >= 15 is 0 Å². The fourth-order valence-electron chi connectivity index (χ4n) is 2.57. The van der Waals surface area contributed by atoms with Crippen molar-refractivity contribution in [2.75, 3.05) is 6.54 Å². The second-order valence-corrected chi connectivity index (χ2v) is 5.51. The molecular weight excluding hydrogens is 312 g/mol. The van der Waals surface area contributed by atoms with Crippen LogP contribution < -0.4 is 11.5 Å². The Morgan fingerprint density at radius 1 is 1.29 bits per heavy atom. The lowest BCUT2D eigenvalue weighted by molar-refractivity contribution is -0.157. The summed E-state index contributed by atoms with van der Waals surface area (Å²) in [6.45, 7) is 0.917. The molecule has 6 N–H and O–H groups in total. The highest BCUT2D eigenvalue weighted by molar-refractivity contribution is 6.02. The molecule has 0 fully saturated rings. The first kappa shape index (κ1) is 17.6. The van der Waals surface area contributed by atoms with Gasteiger partial charge in [0.25, 0.3) is 0 Å². The number of aromatic amines is 1. The number of carbonyl (C=O) groups excluding carboxylic acids is 2. The van der Waals surface area contributed by atoms with E-state index in [1.54, 1.807) is 6.20 Å². The van der Waals surface area contributed by atoms with Gasteiger partial charge in [0.05, 0.1) is 12.6 Å². The molecule has 128 valence electrons.